The quantitative estimate of drug-likeness (QED) is 0.432. The zero-order chi connectivity index (χ0) is 18.8. The smallest absolute Gasteiger partial charge is 0.134 e. The average Bonchev–Trinajstić information content (AvgIpc) is 2.78. The molecule has 1 N–H and O–H groups in total. The Morgan fingerprint density at radius 2 is 1.36 bits per heavy atom. The Balaban J connectivity index is 1.63. The van der Waals surface area contributed by atoms with Crippen molar-refractivity contribution in [3.63, 3.8) is 0 Å². The first-order chi connectivity index (χ1) is 13.9. The fourth-order valence-corrected chi connectivity index (χ4v) is 3.40. The van der Waals surface area contributed by atoms with E-state index in [1.807, 2.05) is 66.7 Å². The van der Waals surface area contributed by atoms with Crippen molar-refractivity contribution < 1.29 is 0 Å². The molecule has 0 fully saturated rings. The predicted molar refractivity (Wildman–Crippen MR) is 114 cm³/mol. The second-order valence-corrected chi connectivity index (χ2v) is 6.67. The molecule has 0 bridgehead atoms. The maximum atomic E-state index is 4.89. The molecule has 4 nitrogen and oxygen atoms in total. The zero-order valence-corrected chi connectivity index (χ0v) is 15.2. The van der Waals surface area contributed by atoms with Crippen molar-refractivity contribution in [2.45, 2.75) is 6.54 Å². The molecule has 4 heteroatoms. The maximum absolute atomic E-state index is 4.89. The van der Waals surface area contributed by atoms with Gasteiger partial charge in [-0.2, -0.15) is 0 Å². The highest BCUT2D eigenvalue weighted by atomic mass is 15.1. The standard InChI is InChI=1S/C24H18N4/c1-3-9-17(10-4-1)16-25-24-20-14-8-7-13-19(20)23-22(26-24)15-21(27-28-23)18-11-5-2-6-12-18/h1-15H,16H2,(H,25,26). The number of nitrogens with zero attached hydrogens (tertiary/aromatic N) is 3. The summed E-state index contributed by atoms with van der Waals surface area (Å²) in [4.78, 5) is 4.89. The summed E-state index contributed by atoms with van der Waals surface area (Å²) < 4.78 is 0. The lowest BCUT2D eigenvalue weighted by Crippen LogP contribution is -2.03. The molecular weight excluding hydrogens is 344 g/mol. The normalized spacial score (nSPS) is 11.0. The van der Waals surface area contributed by atoms with Crippen LogP contribution in [0.15, 0.2) is 91.0 Å². The van der Waals surface area contributed by atoms with Gasteiger partial charge in [0.2, 0.25) is 0 Å². The van der Waals surface area contributed by atoms with Crippen molar-refractivity contribution in [1.29, 1.82) is 0 Å². The number of hydrogen-bond acceptors (Lipinski definition) is 4. The molecule has 0 aliphatic heterocycles. The molecule has 0 amide bonds. The van der Waals surface area contributed by atoms with Crippen LogP contribution in [0.25, 0.3) is 33.1 Å². The van der Waals surface area contributed by atoms with Crippen LogP contribution in [0.1, 0.15) is 5.56 Å². The van der Waals surface area contributed by atoms with Gasteiger partial charge in [0.05, 0.1) is 11.2 Å². The van der Waals surface area contributed by atoms with E-state index < -0.39 is 0 Å². The molecule has 0 aliphatic carbocycles. The Labute approximate surface area is 162 Å². The van der Waals surface area contributed by atoms with Gasteiger partial charge in [0.1, 0.15) is 11.3 Å². The highest BCUT2D eigenvalue weighted by molar-refractivity contribution is 6.08. The van der Waals surface area contributed by atoms with Crippen LogP contribution in [0.3, 0.4) is 0 Å². The number of hydrogen-bond donors (Lipinski definition) is 1. The van der Waals surface area contributed by atoms with E-state index in [0.29, 0.717) is 6.54 Å². The summed E-state index contributed by atoms with van der Waals surface area (Å²) in [5.41, 5.74) is 4.73. The summed E-state index contributed by atoms with van der Waals surface area (Å²) in [6.45, 7) is 0.716. The third-order valence-electron chi connectivity index (χ3n) is 4.82. The van der Waals surface area contributed by atoms with E-state index in [0.717, 1.165) is 38.9 Å². The molecule has 0 saturated heterocycles. The number of rotatable bonds is 4. The summed E-state index contributed by atoms with van der Waals surface area (Å²) in [7, 11) is 0. The summed E-state index contributed by atoms with van der Waals surface area (Å²) >= 11 is 0. The Morgan fingerprint density at radius 3 is 2.14 bits per heavy atom. The predicted octanol–water partition coefficient (Wildman–Crippen LogP) is 5.46. The number of nitrogens with one attached hydrogen (secondary N) is 1. The average molecular weight is 362 g/mol. The van der Waals surface area contributed by atoms with Gasteiger partial charge in [-0.1, -0.05) is 84.9 Å². The van der Waals surface area contributed by atoms with Gasteiger partial charge < -0.3 is 5.32 Å². The van der Waals surface area contributed by atoms with Gasteiger partial charge in [-0.3, -0.25) is 0 Å². The van der Waals surface area contributed by atoms with Crippen LogP contribution in [-0.2, 0) is 6.54 Å². The monoisotopic (exact) mass is 362 g/mol. The van der Waals surface area contributed by atoms with Crippen LogP contribution in [0.2, 0.25) is 0 Å². The number of benzene rings is 3. The first kappa shape index (κ1) is 16.4. The van der Waals surface area contributed by atoms with E-state index in [2.05, 4.69) is 39.8 Å². The Kier molecular flexibility index (Phi) is 4.14. The Bertz CT molecular complexity index is 1250. The lowest BCUT2D eigenvalue weighted by Gasteiger charge is -2.11. The fourth-order valence-electron chi connectivity index (χ4n) is 3.40. The summed E-state index contributed by atoms with van der Waals surface area (Å²) in [5.74, 6) is 0.860. The van der Waals surface area contributed by atoms with Crippen LogP contribution in [-0.4, -0.2) is 15.2 Å². The summed E-state index contributed by atoms with van der Waals surface area (Å²) in [5, 5.41) is 14.5. The van der Waals surface area contributed by atoms with Crippen molar-refractivity contribution in [2.75, 3.05) is 5.32 Å². The molecule has 0 spiro atoms. The molecule has 0 radical (unpaired) electrons. The van der Waals surface area contributed by atoms with Gasteiger partial charge in [-0.15, -0.1) is 10.2 Å². The Morgan fingerprint density at radius 1 is 0.679 bits per heavy atom. The van der Waals surface area contributed by atoms with Crippen LogP contribution in [0.5, 0.6) is 0 Å². The maximum Gasteiger partial charge on any atom is 0.134 e. The van der Waals surface area contributed by atoms with Crippen molar-refractivity contribution in [2.24, 2.45) is 0 Å². The van der Waals surface area contributed by atoms with E-state index in [1.54, 1.807) is 0 Å². The number of fused-ring (bicyclic) bond motifs is 3. The highest BCUT2D eigenvalue weighted by Gasteiger charge is 2.11. The van der Waals surface area contributed by atoms with Gasteiger partial charge in [-0.25, -0.2) is 4.98 Å². The molecule has 0 saturated carbocycles. The van der Waals surface area contributed by atoms with E-state index in [-0.39, 0.29) is 0 Å². The van der Waals surface area contributed by atoms with Gasteiger partial charge in [-0.05, 0) is 11.6 Å². The lowest BCUT2D eigenvalue weighted by molar-refractivity contribution is 1.08. The summed E-state index contributed by atoms with van der Waals surface area (Å²) in [6.07, 6.45) is 0. The first-order valence-corrected chi connectivity index (χ1v) is 9.28. The minimum absolute atomic E-state index is 0.716. The topological polar surface area (TPSA) is 50.7 Å². The van der Waals surface area contributed by atoms with Crippen LogP contribution in [0.4, 0.5) is 5.82 Å². The van der Waals surface area contributed by atoms with Gasteiger partial charge >= 0.3 is 0 Å². The molecular formula is C24H18N4. The third-order valence-corrected chi connectivity index (χ3v) is 4.82. The van der Waals surface area contributed by atoms with Crippen LogP contribution >= 0.6 is 0 Å². The van der Waals surface area contributed by atoms with E-state index in [9.17, 15) is 0 Å². The van der Waals surface area contributed by atoms with E-state index in [1.165, 1.54) is 5.56 Å². The van der Waals surface area contributed by atoms with Gasteiger partial charge in [0.15, 0.2) is 0 Å². The molecule has 134 valence electrons. The number of anilines is 1. The lowest BCUT2D eigenvalue weighted by atomic mass is 10.1. The van der Waals surface area contributed by atoms with Crippen LogP contribution < -0.4 is 5.32 Å². The number of aromatic nitrogens is 3. The number of pyridine rings is 1. The molecule has 0 aliphatic rings. The SMILES string of the molecule is c1ccc(CNc2nc3cc(-c4ccccc4)nnc3c3ccccc23)cc1. The second-order valence-electron chi connectivity index (χ2n) is 6.67. The Hall–Kier alpha value is -3.79. The van der Waals surface area contributed by atoms with Crippen LogP contribution in [0, 0.1) is 0 Å². The van der Waals surface area contributed by atoms with E-state index >= 15 is 0 Å². The first-order valence-electron chi connectivity index (χ1n) is 9.28. The molecule has 28 heavy (non-hydrogen) atoms. The fraction of sp³-hybridized carbons (Fsp3) is 0.0417. The van der Waals surface area contributed by atoms with E-state index in [4.69, 9.17) is 4.98 Å². The van der Waals surface area contributed by atoms with Crippen molar-refractivity contribution >= 4 is 27.6 Å². The van der Waals surface area contributed by atoms with Crippen molar-refractivity contribution in [1.82, 2.24) is 15.2 Å². The molecule has 3 aromatic carbocycles. The summed E-state index contributed by atoms with van der Waals surface area (Å²) in [6, 6.07) is 30.6. The molecule has 5 aromatic rings. The molecule has 5 rings (SSSR count). The molecule has 0 unspecified atom stereocenters. The van der Waals surface area contributed by atoms with Gasteiger partial charge in [0.25, 0.3) is 0 Å². The molecule has 0 atom stereocenters. The highest BCUT2D eigenvalue weighted by Crippen LogP contribution is 2.29. The minimum Gasteiger partial charge on any atom is -0.365 e. The van der Waals surface area contributed by atoms with Crippen molar-refractivity contribution in [3.05, 3.63) is 96.6 Å². The molecule has 2 heterocycles. The second kappa shape index (κ2) is 7.08. The largest absolute Gasteiger partial charge is 0.365 e. The minimum atomic E-state index is 0.716. The molecule has 2 aromatic heterocycles. The van der Waals surface area contributed by atoms with Gasteiger partial charge in [0, 0.05) is 22.9 Å². The third kappa shape index (κ3) is 3.05. The zero-order valence-electron chi connectivity index (χ0n) is 15.2. The van der Waals surface area contributed by atoms with Crippen molar-refractivity contribution in [3.8, 4) is 11.3 Å².